The molecule has 2 aromatic carbocycles. The molecule has 0 saturated heterocycles. The van der Waals surface area contributed by atoms with Gasteiger partial charge in [-0.15, -0.1) is 11.8 Å². The van der Waals surface area contributed by atoms with E-state index in [2.05, 4.69) is 15.9 Å². The Labute approximate surface area is 123 Å². The van der Waals surface area contributed by atoms with Gasteiger partial charge in [0.2, 0.25) is 0 Å². The van der Waals surface area contributed by atoms with E-state index in [1.807, 2.05) is 24.3 Å². The van der Waals surface area contributed by atoms with Crippen molar-refractivity contribution in [2.45, 2.75) is 10.6 Å². The van der Waals surface area contributed by atoms with Crippen LogP contribution >= 0.6 is 27.7 Å². The van der Waals surface area contributed by atoms with Gasteiger partial charge in [-0.3, -0.25) is 5.41 Å². The van der Waals surface area contributed by atoms with E-state index >= 15 is 0 Å². The first-order chi connectivity index (χ1) is 9.06. The normalized spacial score (nSPS) is 10.4. The summed E-state index contributed by atoms with van der Waals surface area (Å²) in [5, 5.41) is 7.48. The Hall–Kier alpha value is -1.33. The van der Waals surface area contributed by atoms with Gasteiger partial charge in [0.1, 0.15) is 11.7 Å². The highest BCUT2D eigenvalue weighted by Crippen LogP contribution is 2.26. The average Bonchev–Trinajstić information content (AvgIpc) is 2.39. The summed E-state index contributed by atoms with van der Waals surface area (Å²) >= 11 is 5.01. The van der Waals surface area contributed by atoms with Crippen LogP contribution in [-0.2, 0) is 5.75 Å². The number of hydrogen-bond donors (Lipinski definition) is 2. The predicted molar refractivity (Wildman–Crippen MR) is 81.1 cm³/mol. The molecule has 0 heterocycles. The Morgan fingerprint density at radius 3 is 2.53 bits per heavy atom. The molecule has 0 bridgehead atoms. The molecule has 0 spiro atoms. The predicted octanol–water partition coefficient (Wildman–Crippen LogP) is 4.16. The van der Waals surface area contributed by atoms with Crippen LogP contribution in [0.2, 0.25) is 0 Å². The molecule has 0 amide bonds. The summed E-state index contributed by atoms with van der Waals surface area (Å²) in [5.41, 5.74) is 6.80. The third-order valence-electron chi connectivity index (χ3n) is 2.57. The molecule has 0 radical (unpaired) electrons. The van der Waals surface area contributed by atoms with Gasteiger partial charge in [-0.1, -0.05) is 22.0 Å². The molecule has 0 saturated carbocycles. The molecule has 0 unspecified atom stereocenters. The van der Waals surface area contributed by atoms with Crippen LogP contribution in [-0.4, -0.2) is 5.84 Å². The molecule has 0 aromatic heterocycles. The fourth-order valence-electron chi connectivity index (χ4n) is 1.62. The summed E-state index contributed by atoms with van der Waals surface area (Å²) in [7, 11) is 0. The second kappa shape index (κ2) is 6.21. The number of nitrogen functional groups attached to an aromatic ring is 1. The first kappa shape index (κ1) is 14.1. The first-order valence-corrected chi connectivity index (χ1v) is 7.35. The van der Waals surface area contributed by atoms with Crippen LogP contribution < -0.4 is 5.73 Å². The summed E-state index contributed by atoms with van der Waals surface area (Å²) in [6.07, 6.45) is 0. The minimum atomic E-state index is -0.373. The monoisotopic (exact) mass is 338 g/mol. The fraction of sp³-hybridized carbons (Fsp3) is 0.0714. The second-order valence-electron chi connectivity index (χ2n) is 3.96. The lowest BCUT2D eigenvalue weighted by Gasteiger charge is -2.08. The Balaban J connectivity index is 2.15. The molecule has 2 aromatic rings. The maximum absolute atomic E-state index is 13.2. The molecule has 3 N–H and O–H groups in total. The van der Waals surface area contributed by atoms with Crippen molar-refractivity contribution in [3.8, 4) is 0 Å². The van der Waals surface area contributed by atoms with Crippen molar-refractivity contribution >= 4 is 33.5 Å². The molecule has 0 aliphatic carbocycles. The van der Waals surface area contributed by atoms with E-state index < -0.39 is 0 Å². The summed E-state index contributed by atoms with van der Waals surface area (Å²) in [6.45, 7) is 0. The van der Waals surface area contributed by atoms with Gasteiger partial charge in [-0.2, -0.15) is 0 Å². The molecule has 5 heteroatoms. The molecular formula is C14H12BrFN2S. The average molecular weight is 339 g/mol. The van der Waals surface area contributed by atoms with Crippen molar-refractivity contribution in [2.75, 3.05) is 0 Å². The minimum Gasteiger partial charge on any atom is -0.384 e. The van der Waals surface area contributed by atoms with E-state index in [1.54, 1.807) is 17.8 Å². The Morgan fingerprint density at radius 1 is 1.21 bits per heavy atom. The number of nitrogens with two attached hydrogens (primary N) is 1. The van der Waals surface area contributed by atoms with Crippen molar-refractivity contribution in [3.05, 3.63) is 63.9 Å². The molecule has 0 aliphatic heterocycles. The van der Waals surface area contributed by atoms with Crippen molar-refractivity contribution in [1.29, 1.82) is 5.41 Å². The number of benzene rings is 2. The lowest BCUT2D eigenvalue weighted by molar-refractivity contribution is 0.627. The standard InChI is InChI=1S/C14H12BrFN2S/c15-10-2-5-12(6-3-10)19-8-9-1-4-11(16)7-13(9)14(17)18/h1-7H,8H2,(H3,17,18). The Bertz CT molecular complexity index is 599. The number of hydrogen-bond acceptors (Lipinski definition) is 2. The van der Waals surface area contributed by atoms with Crippen LogP contribution in [0.4, 0.5) is 4.39 Å². The maximum Gasteiger partial charge on any atom is 0.123 e. The van der Waals surface area contributed by atoms with E-state index in [1.165, 1.54) is 12.1 Å². The van der Waals surface area contributed by atoms with Crippen LogP contribution in [0.15, 0.2) is 51.8 Å². The zero-order valence-corrected chi connectivity index (χ0v) is 12.4. The highest BCUT2D eigenvalue weighted by Gasteiger charge is 2.07. The van der Waals surface area contributed by atoms with E-state index in [0.29, 0.717) is 11.3 Å². The summed E-state index contributed by atoms with van der Waals surface area (Å²) in [6, 6.07) is 12.3. The fourth-order valence-corrected chi connectivity index (χ4v) is 2.78. The molecule has 2 nitrogen and oxygen atoms in total. The largest absolute Gasteiger partial charge is 0.384 e. The summed E-state index contributed by atoms with van der Waals surface area (Å²) < 4.78 is 14.2. The van der Waals surface area contributed by atoms with Crippen molar-refractivity contribution in [3.63, 3.8) is 0 Å². The van der Waals surface area contributed by atoms with Crippen LogP contribution in [0.25, 0.3) is 0 Å². The van der Waals surface area contributed by atoms with Gasteiger partial charge in [-0.05, 0) is 42.0 Å². The van der Waals surface area contributed by atoms with Crippen molar-refractivity contribution in [2.24, 2.45) is 5.73 Å². The van der Waals surface area contributed by atoms with Gasteiger partial charge in [0.05, 0.1) is 0 Å². The number of halogens is 2. The lowest BCUT2D eigenvalue weighted by Crippen LogP contribution is -2.13. The molecule has 2 rings (SSSR count). The molecular weight excluding hydrogens is 327 g/mol. The number of rotatable bonds is 4. The first-order valence-electron chi connectivity index (χ1n) is 5.57. The number of thioether (sulfide) groups is 1. The number of nitrogens with one attached hydrogen (secondary N) is 1. The third kappa shape index (κ3) is 3.81. The second-order valence-corrected chi connectivity index (χ2v) is 5.92. The smallest absolute Gasteiger partial charge is 0.123 e. The van der Waals surface area contributed by atoms with Gasteiger partial charge in [0, 0.05) is 20.7 Å². The van der Waals surface area contributed by atoms with Gasteiger partial charge >= 0.3 is 0 Å². The van der Waals surface area contributed by atoms with E-state index in [9.17, 15) is 4.39 Å². The van der Waals surface area contributed by atoms with Crippen molar-refractivity contribution < 1.29 is 4.39 Å². The van der Waals surface area contributed by atoms with E-state index in [4.69, 9.17) is 11.1 Å². The zero-order valence-electron chi connectivity index (χ0n) is 9.99. The quantitative estimate of drug-likeness (QED) is 0.499. The van der Waals surface area contributed by atoms with E-state index in [-0.39, 0.29) is 11.7 Å². The maximum atomic E-state index is 13.2. The summed E-state index contributed by atoms with van der Waals surface area (Å²) in [4.78, 5) is 1.11. The Morgan fingerprint density at radius 2 is 1.89 bits per heavy atom. The molecule has 0 aliphatic rings. The molecule has 0 atom stereocenters. The van der Waals surface area contributed by atoms with Crippen LogP contribution in [0.3, 0.4) is 0 Å². The number of amidine groups is 1. The van der Waals surface area contributed by atoms with Gasteiger partial charge < -0.3 is 5.73 Å². The molecule has 0 fully saturated rings. The van der Waals surface area contributed by atoms with Gasteiger partial charge in [0.15, 0.2) is 0 Å². The van der Waals surface area contributed by atoms with Gasteiger partial charge in [-0.25, -0.2) is 4.39 Å². The topological polar surface area (TPSA) is 49.9 Å². The van der Waals surface area contributed by atoms with Crippen LogP contribution in [0.5, 0.6) is 0 Å². The zero-order chi connectivity index (χ0) is 13.8. The molecule has 19 heavy (non-hydrogen) atoms. The lowest BCUT2D eigenvalue weighted by atomic mass is 10.1. The third-order valence-corrected chi connectivity index (χ3v) is 4.16. The van der Waals surface area contributed by atoms with Crippen molar-refractivity contribution in [1.82, 2.24) is 0 Å². The SMILES string of the molecule is N=C(N)c1cc(F)ccc1CSc1ccc(Br)cc1. The highest BCUT2D eigenvalue weighted by atomic mass is 79.9. The van der Waals surface area contributed by atoms with Crippen LogP contribution in [0, 0.1) is 11.2 Å². The minimum absolute atomic E-state index is 0.106. The molecule has 98 valence electrons. The highest BCUT2D eigenvalue weighted by molar-refractivity contribution is 9.10. The van der Waals surface area contributed by atoms with E-state index in [0.717, 1.165) is 14.9 Å². The van der Waals surface area contributed by atoms with Gasteiger partial charge in [0.25, 0.3) is 0 Å². The van der Waals surface area contributed by atoms with Crippen LogP contribution in [0.1, 0.15) is 11.1 Å². The summed E-state index contributed by atoms with van der Waals surface area (Å²) in [5.74, 6) is 0.171. The Kier molecular flexibility index (Phi) is 4.61.